The van der Waals surface area contributed by atoms with Gasteiger partial charge in [0.2, 0.25) is 0 Å². The molecule has 1 unspecified atom stereocenters. The molecule has 0 aliphatic rings. The van der Waals surface area contributed by atoms with Crippen molar-refractivity contribution in [3.05, 3.63) is 42.5 Å². The summed E-state index contributed by atoms with van der Waals surface area (Å²) < 4.78 is 0. The van der Waals surface area contributed by atoms with E-state index >= 15 is 0 Å². The number of rotatable bonds is 6. The fraction of sp³-hybridized carbons (Fsp3) is 0.500. The van der Waals surface area contributed by atoms with Crippen molar-refractivity contribution < 1.29 is 0 Å². The quantitative estimate of drug-likeness (QED) is 0.387. The van der Waals surface area contributed by atoms with Crippen LogP contribution in [0.3, 0.4) is 0 Å². The van der Waals surface area contributed by atoms with Crippen molar-refractivity contribution in [2.75, 3.05) is 11.5 Å². The van der Waals surface area contributed by atoms with Gasteiger partial charge in [-0.2, -0.15) is 11.8 Å². The lowest BCUT2D eigenvalue weighted by Gasteiger charge is -2.27. The molecule has 100 valence electrons. The van der Waals surface area contributed by atoms with Gasteiger partial charge >= 0.3 is 0 Å². The fourth-order valence-corrected chi connectivity index (χ4v) is 4.02. The Morgan fingerprint density at radius 3 is 2.44 bits per heavy atom. The van der Waals surface area contributed by atoms with Gasteiger partial charge in [-0.25, -0.2) is 0 Å². The van der Waals surface area contributed by atoms with Crippen LogP contribution in [0.15, 0.2) is 41.8 Å². The van der Waals surface area contributed by atoms with Gasteiger partial charge in [-0.15, -0.1) is 18.3 Å². The first-order chi connectivity index (χ1) is 8.45. The summed E-state index contributed by atoms with van der Waals surface area (Å²) in [4.78, 5) is 1.41. The fourth-order valence-electron chi connectivity index (χ4n) is 1.72. The molecule has 2 heteroatoms. The summed E-state index contributed by atoms with van der Waals surface area (Å²) in [5, 5.41) is 0.537. The lowest BCUT2D eigenvalue weighted by atomic mass is 9.92. The highest BCUT2D eigenvalue weighted by Gasteiger charge is 2.21. The first kappa shape index (κ1) is 15.7. The second-order valence-corrected chi connectivity index (χ2v) is 7.89. The van der Waals surface area contributed by atoms with E-state index < -0.39 is 0 Å². The average molecular weight is 281 g/mol. The third kappa shape index (κ3) is 5.11. The van der Waals surface area contributed by atoms with Gasteiger partial charge in [0.1, 0.15) is 0 Å². The van der Waals surface area contributed by atoms with Gasteiger partial charge < -0.3 is 0 Å². The molecule has 1 atom stereocenters. The van der Waals surface area contributed by atoms with Gasteiger partial charge in [0.25, 0.3) is 0 Å². The predicted molar refractivity (Wildman–Crippen MR) is 87.8 cm³/mol. The number of hydrogen-bond donors (Lipinski definition) is 0. The molecule has 0 bridgehead atoms. The van der Waals surface area contributed by atoms with Gasteiger partial charge in [0, 0.05) is 21.7 Å². The predicted octanol–water partition coefficient (Wildman–Crippen LogP) is 5.42. The summed E-state index contributed by atoms with van der Waals surface area (Å²) in [6, 6.07) is 8.60. The van der Waals surface area contributed by atoms with Crippen LogP contribution in [0.4, 0.5) is 0 Å². The van der Waals surface area contributed by atoms with Crippen molar-refractivity contribution in [2.45, 2.75) is 37.8 Å². The Morgan fingerprint density at radius 2 is 1.89 bits per heavy atom. The molecule has 0 heterocycles. The molecule has 0 spiro atoms. The minimum absolute atomic E-state index is 0.305. The highest BCUT2D eigenvalue weighted by molar-refractivity contribution is 8.03. The van der Waals surface area contributed by atoms with Gasteiger partial charge in [0.15, 0.2) is 0 Å². The molecule has 1 aromatic carbocycles. The molecule has 0 aromatic heterocycles. The monoisotopic (exact) mass is 280 g/mol. The number of thioether (sulfide) groups is 2. The second-order valence-electron chi connectivity index (χ2n) is 5.51. The molecule has 0 saturated heterocycles. The molecular formula is C16H24S2. The summed E-state index contributed by atoms with van der Waals surface area (Å²) in [7, 11) is 0. The van der Waals surface area contributed by atoms with E-state index in [1.54, 1.807) is 0 Å². The number of hydrogen-bond acceptors (Lipinski definition) is 2. The van der Waals surface area contributed by atoms with Crippen LogP contribution in [0.25, 0.3) is 0 Å². The smallest absolute Gasteiger partial charge is 0.0273 e. The maximum absolute atomic E-state index is 3.95. The van der Waals surface area contributed by atoms with Crippen molar-refractivity contribution in [1.82, 2.24) is 0 Å². The van der Waals surface area contributed by atoms with Gasteiger partial charge in [0.05, 0.1) is 0 Å². The number of aryl methyl sites for hydroxylation is 1. The molecular weight excluding hydrogens is 256 g/mol. The van der Waals surface area contributed by atoms with Crippen LogP contribution in [0.5, 0.6) is 0 Å². The molecule has 0 aliphatic carbocycles. The van der Waals surface area contributed by atoms with Crippen LogP contribution in [0.1, 0.15) is 26.3 Å². The zero-order chi connectivity index (χ0) is 13.6. The lowest BCUT2D eigenvalue weighted by molar-refractivity contribution is 0.433. The molecule has 1 rings (SSSR count). The van der Waals surface area contributed by atoms with Crippen LogP contribution < -0.4 is 0 Å². The van der Waals surface area contributed by atoms with E-state index in [0.29, 0.717) is 10.7 Å². The molecule has 0 N–H and O–H groups in total. The van der Waals surface area contributed by atoms with E-state index in [-0.39, 0.29) is 0 Å². The SMILES string of the molecule is C=CC(SCCSc1ccccc1C)C(C)(C)C. The Kier molecular flexibility index (Phi) is 6.37. The van der Waals surface area contributed by atoms with Crippen LogP contribution in [-0.2, 0) is 0 Å². The zero-order valence-corrected chi connectivity index (χ0v) is 13.5. The highest BCUT2D eigenvalue weighted by Crippen LogP contribution is 2.32. The Bertz CT molecular complexity index is 377. The Labute approximate surface area is 121 Å². The normalized spacial score (nSPS) is 13.3. The van der Waals surface area contributed by atoms with Crippen molar-refractivity contribution >= 4 is 23.5 Å². The Balaban J connectivity index is 2.35. The Hall–Kier alpha value is -0.340. The summed E-state index contributed by atoms with van der Waals surface area (Å²) in [5.41, 5.74) is 1.68. The summed E-state index contributed by atoms with van der Waals surface area (Å²) >= 11 is 3.97. The highest BCUT2D eigenvalue weighted by atomic mass is 32.2. The van der Waals surface area contributed by atoms with E-state index in [1.165, 1.54) is 16.2 Å². The molecule has 0 aliphatic heterocycles. The molecule has 1 aromatic rings. The van der Waals surface area contributed by atoms with Crippen molar-refractivity contribution in [1.29, 1.82) is 0 Å². The van der Waals surface area contributed by atoms with E-state index in [9.17, 15) is 0 Å². The van der Waals surface area contributed by atoms with Crippen LogP contribution in [0.2, 0.25) is 0 Å². The average Bonchev–Trinajstić information content (AvgIpc) is 2.29. The minimum atomic E-state index is 0.305. The maximum atomic E-state index is 3.95. The third-order valence-electron chi connectivity index (χ3n) is 2.80. The standard InChI is InChI=1S/C16H24S2/c1-6-15(16(3,4)5)18-12-11-17-14-10-8-7-9-13(14)2/h6-10,15H,1,11-12H2,2-5H3. The largest absolute Gasteiger partial charge is 0.153 e. The van der Waals surface area contributed by atoms with Gasteiger partial charge in [-0.05, 0) is 24.0 Å². The zero-order valence-electron chi connectivity index (χ0n) is 11.9. The van der Waals surface area contributed by atoms with Crippen molar-refractivity contribution in [3.8, 4) is 0 Å². The first-order valence-corrected chi connectivity index (χ1v) is 8.41. The summed E-state index contributed by atoms with van der Waals surface area (Å²) in [6.07, 6.45) is 2.09. The molecule has 0 saturated carbocycles. The van der Waals surface area contributed by atoms with E-state index in [1.807, 2.05) is 23.5 Å². The number of benzene rings is 1. The van der Waals surface area contributed by atoms with Crippen LogP contribution >= 0.6 is 23.5 Å². The summed E-state index contributed by atoms with van der Waals surface area (Å²) in [6.45, 7) is 13.0. The van der Waals surface area contributed by atoms with Crippen LogP contribution in [0, 0.1) is 12.3 Å². The molecule has 0 nitrogen and oxygen atoms in total. The molecule has 18 heavy (non-hydrogen) atoms. The van der Waals surface area contributed by atoms with Crippen molar-refractivity contribution in [3.63, 3.8) is 0 Å². The maximum Gasteiger partial charge on any atom is 0.0273 e. The van der Waals surface area contributed by atoms with Crippen molar-refractivity contribution in [2.24, 2.45) is 5.41 Å². The van der Waals surface area contributed by atoms with Crippen LogP contribution in [-0.4, -0.2) is 16.8 Å². The lowest BCUT2D eigenvalue weighted by Crippen LogP contribution is -2.21. The van der Waals surface area contributed by atoms with E-state index in [0.717, 1.165) is 5.75 Å². The van der Waals surface area contributed by atoms with Gasteiger partial charge in [-0.1, -0.05) is 45.0 Å². The van der Waals surface area contributed by atoms with E-state index in [4.69, 9.17) is 0 Å². The van der Waals surface area contributed by atoms with Gasteiger partial charge in [-0.3, -0.25) is 0 Å². The first-order valence-electron chi connectivity index (χ1n) is 6.37. The molecule has 0 fully saturated rings. The second kappa shape index (κ2) is 7.30. The topological polar surface area (TPSA) is 0 Å². The molecule has 0 radical (unpaired) electrons. The minimum Gasteiger partial charge on any atom is -0.153 e. The Morgan fingerprint density at radius 1 is 1.22 bits per heavy atom. The molecule has 0 amide bonds. The van der Waals surface area contributed by atoms with E-state index in [2.05, 4.69) is 64.6 Å². The third-order valence-corrected chi connectivity index (χ3v) is 5.93. The summed E-state index contributed by atoms with van der Waals surface area (Å²) in [5.74, 6) is 2.34.